The molecule has 0 unspecified atom stereocenters. The number of para-hydroxylation sites is 1. The van der Waals surface area contributed by atoms with Gasteiger partial charge < -0.3 is 20.9 Å². The number of hydrogen-bond acceptors (Lipinski definition) is 3. The summed E-state index contributed by atoms with van der Waals surface area (Å²) in [6, 6.07) is 9.46. The molecule has 6 nitrogen and oxygen atoms in total. The van der Waals surface area contributed by atoms with Crippen molar-refractivity contribution in [2.45, 2.75) is 52.0 Å². The van der Waals surface area contributed by atoms with E-state index < -0.39 is 0 Å². The van der Waals surface area contributed by atoms with E-state index in [-0.39, 0.29) is 24.2 Å². The van der Waals surface area contributed by atoms with Crippen LogP contribution in [-0.4, -0.2) is 29.5 Å². The summed E-state index contributed by atoms with van der Waals surface area (Å²) in [7, 11) is 0. The predicted octanol–water partition coefficient (Wildman–Crippen LogP) is 3.97. The van der Waals surface area contributed by atoms with Crippen molar-refractivity contribution < 1.29 is 9.59 Å². The zero-order valence-corrected chi connectivity index (χ0v) is 18.0. The lowest BCUT2D eigenvalue weighted by Gasteiger charge is -2.26. The fourth-order valence-corrected chi connectivity index (χ4v) is 4.17. The molecule has 3 rings (SSSR count). The van der Waals surface area contributed by atoms with Crippen LogP contribution in [-0.2, 0) is 0 Å². The van der Waals surface area contributed by atoms with Gasteiger partial charge in [0, 0.05) is 30.5 Å². The number of rotatable bonds is 6. The van der Waals surface area contributed by atoms with Crippen molar-refractivity contribution in [1.82, 2.24) is 9.88 Å². The summed E-state index contributed by atoms with van der Waals surface area (Å²) in [6.45, 7) is 4.83. The maximum atomic E-state index is 13.0. The van der Waals surface area contributed by atoms with Crippen molar-refractivity contribution in [1.29, 1.82) is 0 Å². The van der Waals surface area contributed by atoms with Gasteiger partial charge in [-0.1, -0.05) is 31.4 Å². The van der Waals surface area contributed by atoms with Crippen LogP contribution in [0.1, 0.15) is 70.2 Å². The highest BCUT2D eigenvalue weighted by atomic mass is 35.5. The van der Waals surface area contributed by atoms with E-state index in [0.29, 0.717) is 35.9 Å². The first-order valence-electron chi connectivity index (χ1n) is 10.1. The van der Waals surface area contributed by atoms with Crippen molar-refractivity contribution in [2.75, 3.05) is 18.4 Å². The van der Waals surface area contributed by atoms with E-state index in [0.717, 1.165) is 11.4 Å². The van der Waals surface area contributed by atoms with Crippen molar-refractivity contribution in [3.05, 3.63) is 52.8 Å². The molecule has 2 aromatic rings. The minimum atomic E-state index is -0.242. The third kappa shape index (κ3) is 5.19. The molecule has 0 saturated heterocycles. The van der Waals surface area contributed by atoms with Gasteiger partial charge in [-0.2, -0.15) is 0 Å². The molecule has 29 heavy (non-hydrogen) atoms. The first kappa shape index (κ1) is 23.0. The highest BCUT2D eigenvalue weighted by molar-refractivity contribution is 6.09. The monoisotopic (exact) mass is 418 g/mol. The third-order valence-corrected chi connectivity index (χ3v) is 5.52. The van der Waals surface area contributed by atoms with Crippen LogP contribution in [0.3, 0.4) is 0 Å². The van der Waals surface area contributed by atoms with Crippen molar-refractivity contribution in [3.63, 3.8) is 0 Å². The Labute approximate surface area is 178 Å². The van der Waals surface area contributed by atoms with Gasteiger partial charge in [0.15, 0.2) is 0 Å². The lowest BCUT2D eigenvalue weighted by atomic mass is 9.95. The Morgan fingerprint density at radius 3 is 2.45 bits per heavy atom. The van der Waals surface area contributed by atoms with Crippen LogP contribution in [0.15, 0.2) is 30.3 Å². The zero-order chi connectivity index (χ0) is 20.1. The Balaban J connectivity index is 0.00000300. The summed E-state index contributed by atoms with van der Waals surface area (Å²) in [5.74, 6) is -0.428. The molecule has 7 heteroatoms. The number of halogens is 1. The average Bonchev–Trinajstić information content (AvgIpc) is 3.01. The molecule has 0 bridgehead atoms. The summed E-state index contributed by atoms with van der Waals surface area (Å²) in [5, 5.41) is 5.67. The van der Waals surface area contributed by atoms with Crippen molar-refractivity contribution in [2.24, 2.45) is 5.73 Å². The van der Waals surface area contributed by atoms with E-state index >= 15 is 0 Å². The van der Waals surface area contributed by atoms with Gasteiger partial charge in [0.2, 0.25) is 0 Å². The highest BCUT2D eigenvalue weighted by Crippen LogP contribution is 2.32. The van der Waals surface area contributed by atoms with E-state index in [4.69, 9.17) is 5.73 Å². The molecule has 1 aliphatic carbocycles. The molecule has 1 aromatic heterocycles. The van der Waals surface area contributed by atoms with Crippen molar-refractivity contribution in [3.8, 4) is 0 Å². The second kappa shape index (κ2) is 10.5. The lowest BCUT2D eigenvalue weighted by molar-refractivity contribution is 0.0955. The molecular formula is C22H31ClN4O2. The molecule has 0 radical (unpaired) electrons. The van der Waals surface area contributed by atoms with E-state index in [2.05, 4.69) is 22.1 Å². The zero-order valence-electron chi connectivity index (χ0n) is 17.2. The number of nitrogens with two attached hydrogens (primary N) is 1. The van der Waals surface area contributed by atoms with E-state index in [1.54, 1.807) is 24.3 Å². The lowest BCUT2D eigenvalue weighted by Crippen LogP contribution is -2.30. The molecule has 1 saturated carbocycles. The Bertz CT molecular complexity index is 856. The van der Waals surface area contributed by atoms with Gasteiger partial charge in [-0.3, -0.25) is 9.59 Å². The number of nitrogens with zero attached hydrogens (tertiary/aromatic N) is 1. The van der Waals surface area contributed by atoms with E-state index in [1.165, 1.54) is 32.1 Å². The number of aryl methyl sites for hydroxylation is 1. The molecule has 158 valence electrons. The van der Waals surface area contributed by atoms with Gasteiger partial charge in [-0.15, -0.1) is 12.4 Å². The van der Waals surface area contributed by atoms with Gasteiger partial charge >= 0.3 is 0 Å². The maximum Gasteiger partial charge on any atom is 0.257 e. The minimum Gasteiger partial charge on any atom is -0.351 e. The van der Waals surface area contributed by atoms with Crippen molar-refractivity contribution >= 4 is 29.9 Å². The van der Waals surface area contributed by atoms with Crippen LogP contribution in [0.2, 0.25) is 0 Å². The number of nitrogens with one attached hydrogen (secondary N) is 2. The largest absolute Gasteiger partial charge is 0.351 e. The average molecular weight is 419 g/mol. The molecule has 0 atom stereocenters. The number of carbonyl (C=O) groups is 2. The number of hydrogen-bond donors (Lipinski definition) is 3. The normalized spacial score (nSPS) is 14.2. The van der Waals surface area contributed by atoms with Crippen LogP contribution in [0.5, 0.6) is 0 Å². The maximum absolute atomic E-state index is 13.0. The van der Waals surface area contributed by atoms with E-state index in [1.807, 2.05) is 13.0 Å². The summed E-state index contributed by atoms with van der Waals surface area (Å²) < 4.78 is 2.31. The molecule has 1 fully saturated rings. The Hall–Kier alpha value is -2.31. The number of aromatic nitrogens is 1. The Morgan fingerprint density at radius 2 is 1.76 bits per heavy atom. The summed E-state index contributed by atoms with van der Waals surface area (Å²) >= 11 is 0. The first-order valence-corrected chi connectivity index (χ1v) is 10.1. The molecule has 1 heterocycles. The number of benzene rings is 1. The van der Waals surface area contributed by atoms with Crippen LogP contribution < -0.4 is 16.4 Å². The quantitative estimate of drug-likeness (QED) is 0.662. The van der Waals surface area contributed by atoms with Crippen LogP contribution in [0.25, 0.3) is 0 Å². The second-order valence-electron chi connectivity index (χ2n) is 7.49. The van der Waals surface area contributed by atoms with Gasteiger partial charge in [-0.25, -0.2) is 0 Å². The second-order valence-corrected chi connectivity index (χ2v) is 7.49. The fraction of sp³-hybridized carbons (Fsp3) is 0.455. The predicted molar refractivity (Wildman–Crippen MR) is 119 cm³/mol. The minimum absolute atomic E-state index is 0. The van der Waals surface area contributed by atoms with E-state index in [9.17, 15) is 9.59 Å². The standard InChI is InChI=1S/C22H30N4O2.ClH/c1-15-14-19(16(2)26(15)17-8-4-3-5-9-17)22(28)25-20-11-7-6-10-18(20)21(27)24-13-12-23;/h6-7,10-11,14,17H,3-5,8-9,12-13,23H2,1-2H3,(H,24,27)(H,25,28);1H. The van der Waals surface area contributed by atoms with Crippen LogP contribution >= 0.6 is 12.4 Å². The fourth-order valence-electron chi connectivity index (χ4n) is 4.17. The van der Waals surface area contributed by atoms with Gasteiger partial charge in [-0.05, 0) is 44.9 Å². The molecule has 0 aliphatic heterocycles. The van der Waals surface area contributed by atoms with Gasteiger partial charge in [0.1, 0.15) is 0 Å². The molecule has 4 N–H and O–H groups in total. The molecule has 0 spiro atoms. The molecular weight excluding hydrogens is 388 g/mol. The number of amides is 2. The van der Waals surface area contributed by atoms with Gasteiger partial charge in [0.05, 0.1) is 16.8 Å². The third-order valence-electron chi connectivity index (χ3n) is 5.52. The first-order chi connectivity index (χ1) is 13.5. The summed E-state index contributed by atoms with van der Waals surface area (Å²) in [5.41, 5.74) is 9.17. The molecule has 1 aromatic carbocycles. The van der Waals surface area contributed by atoms with Crippen LogP contribution in [0.4, 0.5) is 5.69 Å². The topological polar surface area (TPSA) is 89.2 Å². The number of anilines is 1. The summed E-state index contributed by atoms with van der Waals surface area (Å²) in [6.07, 6.45) is 6.12. The molecule has 1 aliphatic rings. The Kier molecular flexibility index (Phi) is 8.29. The Morgan fingerprint density at radius 1 is 1.07 bits per heavy atom. The SMILES string of the molecule is Cc1cc(C(=O)Nc2ccccc2C(=O)NCCN)c(C)n1C1CCCCC1.Cl. The highest BCUT2D eigenvalue weighted by Gasteiger charge is 2.23. The number of carbonyl (C=O) groups excluding carboxylic acids is 2. The van der Waals surface area contributed by atoms with Gasteiger partial charge in [0.25, 0.3) is 11.8 Å². The smallest absolute Gasteiger partial charge is 0.257 e. The summed E-state index contributed by atoms with van der Waals surface area (Å²) in [4.78, 5) is 25.3. The van der Waals surface area contributed by atoms with Crippen LogP contribution in [0, 0.1) is 13.8 Å². The molecule has 2 amide bonds.